The Bertz CT molecular complexity index is 1150. The molecule has 0 bridgehead atoms. The summed E-state index contributed by atoms with van der Waals surface area (Å²) in [5.41, 5.74) is 1.62. The minimum absolute atomic E-state index is 0.155. The SMILES string of the molecule is CCOC(=O)C1=C(C)N=C2C/C(=C/c3ccc(N4CCCCC4)o3)C(=O)N2C1c1cccs1. The highest BCUT2D eigenvalue weighted by atomic mass is 32.1. The van der Waals surface area contributed by atoms with Gasteiger partial charge in [0, 0.05) is 36.0 Å². The largest absolute Gasteiger partial charge is 0.463 e. The molecule has 2 fully saturated rings. The number of piperidine rings is 1. The van der Waals surface area contributed by atoms with E-state index in [1.54, 1.807) is 18.7 Å². The molecule has 7 nitrogen and oxygen atoms in total. The molecule has 0 aromatic carbocycles. The second kappa shape index (κ2) is 9.02. The summed E-state index contributed by atoms with van der Waals surface area (Å²) in [6.07, 6.45) is 5.80. The predicted octanol–water partition coefficient (Wildman–Crippen LogP) is 4.94. The summed E-state index contributed by atoms with van der Waals surface area (Å²) in [4.78, 5) is 35.8. The van der Waals surface area contributed by atoms with Crippen molar-refractivity contribution < 1.29 is 18.7 Å². The van der Waals surface area contributed by atoms with Gasteiger partial charge >= 0.3 is 5.97 Å². The first-order chi connectivity index (χ1) is 16.1. The van der Waals surface area contributed by atoms with Crippen LogP contribution in [0.4, 0.5) is 5.88 Å². The molecule has 0 saturated carbocycles. The van der Waals surface area contributed by atoms with E-state index in [2.05, 4.69) is 9.89 Å². The van der Waals surface area contributed by atoms with Crippen LogP contribution in [0.1, 0.15) is 56.2 Å². The third-order valence-corrected chi connectivity index (χ3v) is 7.17. The topological polar surface area (TPSA) is 75.3 Å². The number of furan rings is 1. The molecule has 0 radical (unpaired) electrons. The van der Waals surface area contributed by atoms with Crippen molar-refractivity contribution >= 4 is 41.0 Å². The van der Waals surface area contributed by atoms with Crippen LogP contribution in [0.25, 0.3) is 6.08 Å². The van der Waals surface area contributed by atoms with Crippen molar-refractivity contribution in [2.75, 3.05) is 24.6 Å². The summed E-state index contributed by atoms with van der Waals surface area (Å²) in [6, 6.07) is 7.22. The molecule has 33 heavy (non-hydrogen) atoms. The molecule has 8 heteroatoms. The van der Waals surface area contributed by atoms with Gasteiger partial charge in [0.2, 0.25) is 0 Å². The molecule has 5 heterocycles. The van der Waals surface area contributed by atoms with Crippen molar-refractivity contribution in [1.29, 1.82) is 0 Å². The molecule has 2 aromatic heterocycles. The maximum absolute atomic E-state index is 13.5. The number of nitrogens with zero attached hydrogens (tertiary/aromatic N) is 3. The number of carbonyl (C=O) groups is 2. The number of fused-ring (bicyclic) bond motifs is 1. The van der Waals surface area contributed by atoms with Crippen LogP contribution in [0, 0.1) is 0 Å². The Balaban J connectivity index is 1.46. The van der Waals surface area contributed by atoms with Gasteiger partial charge in [-0.05, 0) is 56.7 Å². The zero-order valence-electron chi connectivity index (χ0n) is 18.9. The summed E-state index contributed by atoms with van der Waals surface area (Å²) in [6.45, 7) is 5.84. The van der Waals surface area contributed by atoms with E-state index in [1.165, 1.54) is 30.6 Å². The first-order valence-corrected chi connectivity index (χ1v) is 12.3. The van der Waals surface area contributed by atoms with Gasteiger partial charge in [-0.1, -0.05) is 6.07 Å². The number of carbonyl (C=O) groups excluding carboxylic acids is 2. The lowest BCUT2D eigenvalue weighted by atomic mass is 10.00. The van der Waals surface area contributed by atoms with Gasteiger partial charge in [-0.2, -0.15) is 0 Å². The van der Waals surface area contributed by atoms with E-state index in [9.17, 15) is 9.59 Å². The Morgan fingerprint density at radius 2 is 2.09 bits per heavy atom. The number of rotatable bonds is 5. The molecule has 0 aliphatic carbocycles. The fourth-order valence-electron chi connectivity index (χ4n) is 4.72. The lowest BCUT2D eigenvalue weighted by Gasteiger charge is -2.32. The average Bonchev–Trinajstić information content (AvgIpc) is 3.56. The van der Waals surface area contributed by atoms with Gasteiger partial charge < -0.3 is 14.1 Å². The van der Waals surface area contributed by atoms with E-state index < -0.39 is 12.0 Å². The first-order valence-electron chi connectivity index (χ1n) is 11.4. The van der Waals surface area contributed by atoms with E-state index in [1.807, 2.05) is 35.7 Å². The highest BCUT2D eigenvalue weighted by Gasteiger charge is 2.45. The van der Waals surface area contributed by atoms with E-state index in [0.29, 0.717) is 34.9 Å². The van der Waals surface area contributed by atoms with Crippen LogP contribution in [-0.4, -0.2) is 42.3 Å². The number of aliphatic imine (C=N–C) groups is 1. The zero-order valence-corrected chi connectivity index (χ0v) is 19.7. The number of hydrogen-bond donors (Lipinski definition) is 0. The van der Waals surface area contributed by atoms with Gasteiger partial charge in [-0.15, -0.1) is 11.3 Å². The van der Waals surface area contributed by atoms with Gasteiger partial charge in [0.15, 0.2) is 5.88 Å². The predicted molar refractivity (Wildman–Crippen MR) is 128 cm³/mol. The van der Waals surface area contributed by atoms with Crippen molar-refractivity contribution in [2.24, 2.45) is 4.99 Å². The van der Waals surface area contributed by atoms with Crippen LogP contribution in [-0.2, 0) is 14.3 Å². The minimum Gasteiger partial charge on any atom is -0.463 e. The number of ether oxygens (including phenoxy) is 1. The van der Waals surface area contributed by atoms with Crippen LogP contribution in [0.5, 0.6) is 0 Å². The van der Waals surface area contributed by atoms with Crippen molar-refractivity contribution in [1.82, 2.24) is 4.90 Å². The van der Waals surface area contributed by atoms with E-state index in [0.717, 1.165) is 23.9 Å². The number of amidine groups is 1. The highest BCUT2D eigenvalue weighted by molar-refractivity contribution is 7.10. The molecule has 172 valence electrons. The lowest BCUT2D eigenvalue weighted by Crippen LogP contribution is -2.39. The molecule has 1 amide bonds. The van der Waals surface area contributed by atoms with Crippen molar-refractivity contribution in [2.45, 2.75) is 45.6 Å². The van der Waals surface area contributed by atoms with E-state index in [-0.39, 0.29) is 12.5 Å². The molecule has 0 N–H and O–H groups in total. The Hall–Kier alpha value is -3.13. The van der Waals surface area contributed by atoms with Crippen LogP contribution in [0.15, 0.2) is 55.9 Å². The number of hydrogen-bond acceptors (Lipinski definition) is 7. The summed E-state index contributed by atoms with van der Waals surface area (Å²) in [5, 5.41) is 1.95. The average molecular weight is 466 g/mol. The summed E-state index contributed by atoms with van der Waals surface area (Å²) < 4.78 is 11.4. The van der Waals surface area contributed by atoms with Crippen LogP contribution in [0.2, 0.25) is 0 Å². The zero-order chi connectivity index (χ0) is 22.9. The number of thiophene rings is 1. The van der Waals surface area contributed by atoms with Crippen LogP contribution >= 0.6 is 11.3 Å². The Morgan fingerprint density at radius 1 is 1.27 bits per heavy atom. The molecule has 3 aliphatic rings. The highest BCUT2D eigenvalue weighted by Crippen LogP contribution is 2.42. The van der Waals surface area contributed by atoms with Gasteiger partial charge in [0.05, 0.1) is 17.9 Å². The molecule has 2 aromatic rings. The maximum Gasteiger partial charge on any atom is 0.338 e. The Morgan fingerprint density at radius 3 is 2.82 bits per heavy atom. The number of allylic oxidation sites excluding steroid dienone is 1. The molecule has 3 aliphatic heterocycles. The molecular formula is C25H27N3O4S. The monoisotopic (exact) mass is 465 g/mol. The fraction of sp³-hybridized carbons (Fsp3) is 0.400. The van der Waals surface area contributed by atoms with E-state index >= 15 is 0 Å². The standard InChI is InChI=1S/C25H27N3O4S/c1-3-31-25(30)22-16(2)26-20-15-17(24(29)28(20)23(22)19-8-7-13-33-19)14-18-9-10-21(32-18)27-11-5-4-6-12-27/h7-10,13-14,23H,3-6,11-12,15H2,1-2H3/b17-14-. The lowest BCUT2D eigenvalue weighted by molar-refractivity contribution is -0.139. The molecule has 5 rings (SSSR count). The molecule has 2 saturated heterocycles. The summed E-state index contributed by atoms with van der Waals surface area (Å²) >= 11 is 1.51. The van der Waals surface area contributed by atoms with E-state index in [4.69, 9.17) is 9.15 Å². The fourth-order valence-corrected chi connectivity index (χ4v) is 5.54. The molecule has 1 unspecified atom stereocenters. The maximum atomic E-state index is 13.5. The second-order valence-corrected chi connectivity index (χ2v) is 9.39. The molecular weight excluding hydrogens is 438 g/mol. The minimum atomic E-state index is -0.532. The van der Waals surface area contributed by atoms with Crippen molar-refractivity contribution in [3.63, 3.8) is 0 Å². The van der Waals surface area contributed by atoms with Crippen LogP contribution < -0.4 is 4.90 Å². The normalized spacial score (nSPS) is 22.1. The van der Waals surface area contributed by atoms with Crippen LogP contribution in [0.3, 0.4) is 0 Å². The van der Waals surface area contributed by atoms with Gasteiger partial charge in [-0.3, -0.25) is 9.69 Å². The number of esters is 1. The quantitative estimate of drug-likeness (QED) is 0.462. The summed E-state index contributed by atoms with van der Waals surface area (Å²) in [5.74, 6) is 1.57. The first kappa shape index (κ1) is 21.7. The van der Waals surface area contributed by atoms with Crippen molar-refractivity contribution in [3.8, 4) is 0 Å². The second-order valence-electron chi connectivity index (χ2n) is 8.41. The molecule has 1 atom stereocenters. The van der Waals surface area contributed by atoms with Crippen molar-refractivity contribution in [3.05, 3.63) is 57.1 Å². The number of amides is 1. The Labute approximate surface area is 197 Å². The third kappa shape index (κ3) is 4.04. The Kier molecular flexibility index (Phi) is 5.93. The van der Waals surface area contributed by atoms with Gasteiger partial charge in [-0.25, -0.2) is 9.79 Å². The number of anilines is 1. The smallest absolute Gasteiger partial charge is 0.338 e. The molecule has 0 spiro atoms. The summed E-state index contributed by atoms with van der Waals surface area (Å²) in [7, 11) is 0. The van der Waals surface area contributed by atoms with Gasteiger partial charge in [0.1, 0.15) is 17.6 Å². The van der Waals surface area contributed by atoms with Gasteiger partial charge in [0.25, 0.3) is 5.91 Å². The third-order valence-electron chi connectivity index (χ3n) is 6.24.